The van der Waals surface area contributed by atoms with Crippen LogP contribution in [-0.4, -0.2) is 47.0 Å². The number of nitrogens with one attached hydrogen (secondary N) is 1. The van der Waals surface area contributed by atoms with Crippen LogP contribution in [0.1, 0.15) is 83.8 Å². The predicted molar refractivity (Wildman–Crippen MR) is 141 cm³/mol. The molecule has 0 aromatic carbocycles. The highest BCUT2D eigenvalue weighted by molar-refractivity contribution is 8.00. The third kappa shape index (κ3) is 8.98. The fourth-order valence-electron chi connectivity index (χ4n) is 4.05. The largest absolute Gasteiger partial charge is 0.444 e. The smallest absolute Gasteiger partial charge is 0.229 e. The first-order valence-corrected chi connectivity index (χ1v) is 14.4. The van der Waals surface area contributed by atoms with Gasteiger partial charge in [0.25, 0.3) is 0 Å². The molecule has 1 saturated heterocycles. The Labute approximate surface area is 212 Å². The van der Waals surface area contributed by atoms with Crippen molar-refractivity contribution in [3.05, 3.63) is 24.0 Å². The van der Waals surface area contributed by atoms with E-state index < -0.39 is 0 Å². The van der Waals surface area contributed by atoms with Gasteiger partial charge in [0.15, 0.2) is 5.13 Å². The summed E-state index contributed by atoms with van der Waals surface area (Å²) in [6.45, 7) is 10.3. The van der Waals surface area contributed by atoms with Crippen LogP contribution >= 0.6 is 23.1 Å². The van der Waals surface area contributed by atoms with E-state index in [2.05, 4.69) is 41.0 Å². The lowest BCUT2D eigenvalue weighted by Gasteiger charge is -2.31. The molecule has 34 heavy (non-hydrogen) atoms. The Morgan fingerprint density at radius 2 is 1.85 bits per heavy atom. The first-order valence-electron chi connectivity index (χ1n) is 12.6. The molecule has 3 N–H and O–H groups in total. The summed E-state index contributed by atoms with van der Waals surface area (Å²) >= 11 is 3.14. The average molecular weight is 508 g/mol. The fraction of sp³-hybridized carbons (Fsp3) is 0.720. The SMILES string of the molecule is CC(C)(C)c1cnc(CSc2cnc(NC(=O)C3CCN(CCCCCCCCN)CC3)s2)o1. The molecule has 3 rings (SSSR count). The van der Waals surface area contributed by atoms with Gasteiger partial charge in [0, 0.05) is 11.3 Å². The van der Waals surface area contributed by atoms with Gasteiger partial charge >= 0.3 is 0 Å². The molecule has 1 amide bonds. The van der Waals surface area contributed by atoms with Crippen molar-refractivity contribution in [2.24, 2.45) is 11.7 Å². The van der Waals surface area contributed by atoms with Gasteiger partial charge in [-0.15, -0.1) is 11.8 Å². The zero-order valence-corrected chi connectivity index (χ0v) is 22.6. The molecule has 0 radical (unpaired) electrons. The number of nitrogens with two attached hydrogens (primary N) is 1. The van der Waals surface area contributed by atoms with Crippen molar-refractivity contribution in [3.63, 3.8) is 0 Å². The molecule has 0 bridgehead atoms. The van der Waals surface area contributed by atoms with Crippen molar-refractivity contribution in [2.75, 3.05) is 31.5 Å². The monoisotopic (exact) mass is 507 g/mol. The highest BCUT2D eigenvalue weighted by atomic mass is 32.2. The van der Waals surface area contributed by atoms with Crippen molar-refractivity contribution in [1.29, 1.82) is 0 Å². The maximum absolute atomic E-state index is 12.7. The van der Waals surface area contributed by atoms with Gasteiger partial charge in [-0.3, -0.25) is 4.79 Å². The summed E-state index contributed by atoms with van der Waals surface area (Å²) in [7, 11) is 0. The maximum Gasteiger partial charge on any atom is 0.229 e. The second-order valence-corrected chi connectivity index (χ2v) is 12.5. The van der Waals surface area contributed by atoms with Gasteiger partial charge < -0.3 is 20.4 Å². The molecule has 1 fully saturated rings. The number of hydrogen-bond acceptors (Lipinski definition) is 8. The Morgan fingerprint density at radius 3 is 2.53 bits per heavy atom. The van der Waals surface area contributed by atoms with Crippen LogP contribution in [0, 0.1) is 5.92 Å². The number of oxazole rings is 1. The third-order valence-electron chi connectivity index (χ3n) is 6.23. The Morgan fingerprint density at radius 1 is 1.15 bits per heavy atom. The summed E-state index contributed by atoms with van der Waals surface area (Å²) in [6, 6.07) is 0. The minimum absolute atomic E-state index is 0.0433. The molecule has 7 nitrogen and oxygen atoms in total. The number of nitrogens with zero attached hydrogens (tertiary/aromatic N) is 3. The Bertz CT molecular complexity index is 869. The predicted octanol–water partition coefficient (Wildman–Crippen LogP) is 5.67. The van der Waals surface area contributed by atoms with Crippen LogP contribution < -0.4 is 11.1 Å². The lowest BCUT2D eigenvalue weighted by Crippen LogP contribution is -2.38. The molecule has 0 unspecified atom stereocenters. The molecule has 0 atom stereocenters. The number of thioether (sulfide) groups is 1. The molecule has 2 aromatic heterocycles. The number of piperidine rings is 1. The number of aromatic nitrogens is 2. The van der Waals surface area contributed by atoms with Gasteiger partial charge in [-0.1, -0.05) is 57.8 Å². The summed E-state index contributed by atoms with van der Waals surface area (Å²) in [6.07, 6.45) is 13.0. The number of unbranched alkanes of at least 4 members (excludes halogenated alkanes) is 5. The Hall–Kier alpha value is -1.42. The fourth-order valence-corrected chi connectivity index (χ4v) is 5.78. The number of thiazole rings is 1. The number of likely N-dealkylation sites (tertiary alicyclic amines) is 1. The zero-order valence-electron chi connectivity index (χ0n) is 21.0. The quantitative estimate of drug-likeness (QED) is 0.266. The van der Waals surface area contributed by atoms with E-state index in [0.29, 0.717) is 16.8 Å². The number of amides is 1. The Kier molecular flexibility index (Phi) is 10.9. The summed E-state index contributed by atoms with van der Waals surface area (Å²) in [5.74, 6) is 2.44. The normalized spacial score (nSPS) is 15.6. The molecular weight excluding hydrogens is 466 g/mol. The van der Waals surface area contributed by atoms with Crippen molar-refractivity contribution >= 4 is 34.1 Å². The van der Waals surface area contributed by atoms with Crippen molar-refractivity contribution in [2.45, 2.75) is 87.5 Å². The third-order valence-corrected chi connectivity index (χ3v) is 8.32. The van der Waals surface area contributed by atoms with Crippen LogP contribution in [-0.2, 0) is 16.0 Å². The number of carbonyl (C=O) groups is 1. The van der Waals surface area contributed by atoms with Crippen LogP contribution in [0.25, 0.3) is 0 Å². The summed E-state index contributed by atoms with van der Waals surface area (Å²) < 4.78 is 6.90. The highest BCUT2D eigenvalue weighted by Crippen LogP contribution is 2.32. The van der Waals surface area contributed by atoms with E-state index in [9.17, 15) is 4.79 Å². The van der Waals surface area contributed by atoms with Crippen LogP contribution in [0.4, 0.5) is 5.13 Å². The number of hydrogen-bond donors (Lipinski definition) is 2. The second kappa shape index (κ2) is 13.6. The molecule has 190 valence electrons. The first-order chi connectivity index (χ1) is 16.3. The van der Waals surface area contributed by atoms with Gasteiger partial charge in [-0.05, 0) is 51.9 Å². The zero-order chi connectivity index (χ0) is 24.4. The standard InChI is InChI=1S/C25H41N5O2S2/c1-25(2,3)20-16-27-21(32-20)18-33-22-17-28-24(34-22)29-23(31)19-10-14-30(15-11-19)13-9-7-5-4-6-8-12-26/h16-17,19H,4-15,18,26H2,1-3H3,(H,28,29,31). The van der Waals surface area contributed by atoms with E-state index in [-0.39, 0.29) is 17.2 Å². The molecule has 9 heteroatoms. The van der Waals surface area contributed by atoms with Crippen LogP contribution in [0.15, 0.2) is 21.0 Å². The lowest BCUT2D eigenvalue weighted by molar-refractivity contribution is -0.121. The molecule has 0 aliphatic carbocycles. The maximum atomic E-state index is 12.7. The molecule has 0 saturated carbocycles. The van der Waals surface area contributed by atoms with Gasteiger partial charge in [-0.2, -0.15) is 0 Å². The van der Waals surface area contributed by atoms with Gasteiger partial charge in [-0.25, -0.2) is 9.97 Å². The first kappa shape index (κ1) is 27.2. The molecule has 1 aliphatic rings. The highest BCUT2D eigenvalue weighted by Gasteiger charge is 2.25. The van der Waals surface area contributed by atoms with E-state index >= 15 is 0 Å². The molecule has 2 aromatic rings. The van der Waals surface area contributed by atoms with Crippen LogP contribution in [0.2, 0.25) is 0 Å². The summed E-state index contributed by atoms with van der Waals surface area (Å²) in [5, 5.41) is 3.71. The van der Waals surface area contributed by atoms with Crippen LogP contribution in [0.5, 0.6) is 0 Å². The van der Waals surface area contributed by atoms with E-state index in [1.165, 1.54) is 43.4 Å². The minimum atomic E-state index is -0.0433. The summed E-state index contributed by atoms with van der Waals surface area (Å²) in [5.41, 5.74) is 5.50. The van der Waals surface area contributed by atoms with Gasteiger partial charge in [0.1, 0.15) is 5.76 Å². The van der Waals surface area contributed by atoms with Gasteiger partial charge in [0.05, 0.1) is 22.4 Å². The molecular formula is C25H41N5O2S2. The van der Waals surface area contributed by atoms with Crippen molar-refractivity contribution in [3.8, 4) is 0 Å². The number of anilines is 1. The second-order valence-electron chi connectivity index (χ2n) is 10.2. The molecule has 0 spiro atoms. The minimum Gasteiger partial charge on any atom is -0.444 e. The van der Waals surface area contributed by atoms with E-state index in [1.54, 1.807) is 11.8 Å². The average Bonchev–Trinajstić information content (AvgIpc) is 3.47. The van der Waals surface area contributed by atoms with E-state index in [0.717, 1.165) is 55.4 Å². The van der Waals surface area contributed by atoms with Gasteiger partial charge in [0.2, 0.25) is 11.8 Å². The Balaban J connectivity index is 1.32. The van der Waals surface area contributed by atoms with Crippen LogP contribution in [0.3, 0.4) is 0 Å². The number of carbonyl (C=O) groups excluding carboxylic acids is 1. The molecule has 3 heterocycles. The number of rotatable bonds is 13. The summed E-state index contributed by atoms with van der Waals surface area (Å²) in [4.78, 5) is 24.0. The van der Waals surface area contributed by atoms with Crippen molar-refractivity contribution in [1.82, 2.24) is 14.9 Å². The molecule has 1 aliphatic heterocycles. The van der Waals surface area contributed by atoms with E-state index in [1.807, 2.05) is 12.4 Å². The topological polar surface area (TPSA) is 97.3 Å². The van der Waals surface area contributed by atoms with E-state index in [4.69, 9.17) is 10.2 Å². The lowest BCUT2D eigenvalue weighted by atomic mass is 9.94. The van der Waals surface area contributed by atoms with Crippen molar-refractivity contribution < 1.29 is 9.21 Å².